The average molecular weight is 480 g/mol. The lowest BCUT2D eigenvalue weighted by molar-refractivity contribution is -0.124. The Morgan fingerprint density at radius 3 is 2.61 bits per heavy atom. The van der Waals surface area contributed by atoms with Crippen molar-refractivity contribution in [3.8, 4) is 0 Å². The molecule has 36 heavy (non-hydrogen) atoms. The number of anilines is 5. The molecule has 2 amide bonds. The van der Waals surface area contributed by atoms with Crippen molar-refractivity contribution in [1.82, 2.24) is 19.9 Å². The van der Waals surface area contributed by atoms with E-state index >= 15 is 0 Å². The highest BCUT2D eigenvalue weighted by atomic mass is 16.2. The molecule has 2 aromatic carbocycles. The summed E-state index contributed by atoms with van der Waals surface area (Å²) in [7, 11) is 2.05. The minimum atomic E-state index is -0.372. The van der Waals surface area contributed by atoms with Crippen LogP contribution in [-0.4, -0.2) is 39.5 Å². The summed E-state index contributed by atoms with van der Waals surface area (Å²) >= 11 is 0. The zero-order chi connectivity index (χ0) is 24.6. The Morgan fingerprint density at radius 1 is 1.06 bits per heavy atom. The second-order valence-electron chi connectivity index (χ2n) is 9.11. The predicted octanol–water partition coefficient (Wildman–Crippen LogP) is 4.25. The highest BCUT2D eigenvalue weighted by Gasteiger charge is 2.24. The number of rotatable bonds is 7. The summed E-state index contributed by atoms with van der Waals surface area (Å²) in [6.45, 7) is 0. The Balaban J connectivity index is 1.32. The SMILES string of the molecule is CN(c1ccccc1)c1cc(Nc2ccn3ncc(/C=C4/CC(=O)NC4=O)c3n2)cc(NC2CC2)c1. The third kappa shape index (κ3) is 4.50. The predicted molar refractivity (Wildman–Crippen MR) is 140 cm³/mol. The number of benzene rings is 2. The highest BCUT2D eigenvalue weighted by molar-refractivity contribution is 6.15. The maximum atomic E-state index is 12.0. The quantitative estimate of drug-likeness (QED) is 0.269. The topological polar surface area (TPSA) is 104 Å². The zero-order valence-corrected chi connectivity index (χ0v) is 19.7. The molecule has 9 heteroatoms. The summed E-state index contributed by atoms with van der Waals surface area (Å²) in [5.41, 5.74) is 5.76. The fraction of sp³-hybridized carbons (Fsp3) is 0.185. The van der Waals surface area contributed by atoms with Gasteiger partial charge in [-0.05, 0) is 55.3 Å². The van der Waals surface area contributed by atoms with E-state index in [4.69, 9.17) is 4.98 Å². The number of imide groups is 1. The second-order valence-corrected chi connectivity index (χ2v) is 9.11. The number of hydrogen-bond donors (Lipinski definition) is 3. The first kappa shape index (κ1) is 21.8. The minimum Gasteiger partial charge on any atom is -0.382 e. The molecule has 3 heterocycles. The van der Waals surface area contributed by atoms with Gasteiger partial charge in [0.05, 0.1) is 12.6 Å². The van der Waals surface area contributed by atoms with E-state index in [1.165, 1.54) is 12.8 Å². The van der Waals surface area contributed by atoms with Crippen molar-refractivity contribution in [3.63, 3.8) is 0 Å². The summed E-state index contributed by atoms with van der Waals surface area (Å²) in [6.07, 6.45) is 7.56. The van der Waals surface area contributed by atoms with Gasteiger partial charge in [-0.2, -0.15) is 5.10 Å². The molecule has 0 bridgehead atoms. The maximum absolute atomic E-state index is 12.0. The lowest BCUT2D eigenvalue weighted by atomic mass is 10.1. The molecule has 1 saturated carbocycles. The monoisotopic (exact) mass is 479 g/mol. The molecule has 0 spiro atoms. The van der Waals surface area contributed by atoms with E-state index in [0.29, 0.717) is 28.6 Å². The fourth-order valence-electron chi connectivity index (χ4n) is 4.24. The number of hydrogen-bond acceptors (Lipinski definition) is 7. The third-order valence-electron chi connectivity index (χ3n) is 6.29. The summed E-state index contributed by atoms with van der Waals surface area (Å²) in [5, 5.41) is 13.7. The van der Waals surface area contributed by atoms with Gasteiger partial charge in [0.15, 0.2) is 5.65 Å². The van der Waals surface area contributed by atoms with Crippen LogP contribution < -0.4 is 20.9 Å². The molecule has 1 aliphatic heterocycles. The van der Waals surface area contributed by atoms with Crippen LogP contribution in [0.15, 0.2) is 72.6 Å². The van der Waals surface area contributed by atoms with Crippen molar-refractivity contribution >= 4 is 52.1 Å². The summed E-state index contributed by atoms with van der Waals surface area (Å²) in [5.74, 6) is -0.0239. The van der Waals surface area contributed by atoms with Crippen LogP contribution in [0.3, 0.4) is 0 Å². The Labute approximate surface area is 207 Å². The van der Waals surface area contributed by atoms with Crippen LogP contribution in [0, 0.1) is 0 Å². The van der Waals surface area contributed by atoms with Crippen molar-refractivity contribution in [2.24, 2.45) is 0 Å². The molecule has 2 aliphatic rings. The highest BCUT2D eigenvalue weighted by Crippen LogP contribution is 2.33. The molecule has 3 N–H and O–H groups in total. The van der Waals surface area contributed by atoms with Crippen LogP contribution in [0.4, 0.5) is 28.6 Å². The minimum absolute atomic E-state index is 0.0621. The fourth-order valence-corrected chi connectivity index (χ4v) is 4.24. The molecule has 0 unspecified atom stereocenters. The van der Waals surface area contributed by atoms with Gasteiger partial charge >= 0.3 is 0 Å². The molecule has 2 fully saturated rings. The first-order chi connectivity index (χ1) is 17.5. The standard InChI is InChI=1S/C27H25N7O2/c1-33(22-5-3-2-4-6-22)23-14-20(29-19-7-8-19)13-21(15-23)30-24-9-10-34-26(31-24)18(16-28-34)11-17-12-25(35)32-27(17)36/h2-6,9-11,13-16,19,29H,7-8,12H2,1H3,(H,30,31)(H,32,35,36)/b17-11-. The molecular formula is C27H25N7O2. The van der Waals surface area contributed by atoms with Gasteiger partial charge in [0.25, 0.3) is 5.91 Å². The van der Waals surface area contributed by atoms with Crippen LogP contribution in [0.5, 0.6) is 0 Å². The van der Waals surface area contributed by atoms with Crippen LogP contribution in [0.2, 0.25) is 0 Å². The number of para-hydroxylation sites is 1. The van der Waals surface area contributed by atoms with Crippen LogP contribution >= 0.6 is 0 Å². The average Bonchev–Trinajstić information content (AvgIpc) is 3.52. The Morgan fingerprint density at radius 2 is 1.86 bits per heavy atom. The van der Waals surface area contributed by atoms with Gasteiger partial charge in [-0.1, -0.05) is 18.2 Å². The Bertz CT molecular complexity index is 1510. The second kappa shape index (κ2) is 8.84. The van der Waals surface area contributed by atoms with E-state index in [1.54, 1.807) is 16.8 Å². The molecule has 1 saturated heterocycles. The van der Waals surface area contributed by atoms with Gasteiger partial charge in [-0.15, -0.1) is 0 Å². The van der Waals surface area contributed by atoms with E-state index in [0.717, 1.165) is 22.7 Å². The molecule has 9 nitrogen and oxygen atoms in total. The van der Waals surface area contributed by atoms with E-state index in [2.05, 4.69) is 63.3 Å². The van der Waals surface area contributed by atoms with E-state index in [-0.39, 0.29) is 18.2 Å². The van der Waals surface area contributed by atoms with Gasteiger partial charge < -0.3 is 15.5 Å². The van der Waals surface area contributed by atoms with E-state index in [9.17, 15) is 9.59 Å². The Hall–Kier alpha value is -4.66. The van der Waals surface area contributed by atoms with Gasteiger partial charge in [0.1, 0.15) is 5.82 Å². The Kier molecular flexibility index (Phi) is 5.37. The number of fused-ring (bicyclic) bond motifs is 1. The number of carbonyl (C=O) groups excluding carboxylic acids is 2. The van der Waals surface area contributed by atoms with Crippen molar-refractivity contribution < 1.29 is 9.59 Å². The van der Waals surface area contributed by atoms with Crippen LogP contribution in [-0.2, 0) is 9.59 Å². The maximum Gasteiger partial charge on any atom is 0.254 e. The van der Waals surface area contributed by atoms with Gasteiger partial charge in [-0.25, -0.2) is 9.50 Å². The van der Waals surface area contributed by atoms with Crippen molar-refractivity contribution in [1.29, 1.82) is 0 Å². The number of carbonyl (C=O) groups is 2. The number of amides is 2. The zero-order valence-electron chi connectivity index (χ0n) is 19.7. The van der Waals surface area contributed by atoms with Crippen LogP contribution in [0.1, 0.15) is 24.8 Å². The molecule has 1 aliphatic carbocycles. The summed E-state index contributed by atoms with van der Waals surface area (Å²) in [4.78, 5) is 30.4. The lowest BCUT2D eigenvalue weighted by Crippen LogP contribution is -2.19. The number of nitrogens with zero attached hydrogens (tertiary/aromatic N) is 4. The lowest BCUT2D eigenvalue weighted by Gasteiger charge is -2.22. The first-order valence-corrected chi connectivity index (χ1v) is 11.9. The largest absolute Gasteiger partial charge is 0.382 e. The molecule has 0 atom stereocenters. The van der Waals surface area contributed by atoms with E-state index < -0.39 is 0 Å². The first-order valence-electron chi connectivity index (χ1n) is 11.9. The molecule has 6 rings (SSSR count). The molecular weight excluding hydrogens is 454 g/mol. The molecule has 0 radical (unpaired) electrons. The van der Waals surface area contributed by atoms with Crippen molar-refractivity contribution in [2.75, 3.05) is 22.6 Å². The summed E-state index contributed by atoms with van der Waals surface area (Å²) < 4.78 is 1.64. The summed E-state index contributed by atoms with van der Waals surface area (Å²) in [6, 6.07) is 18.9. The smallest absolute Gasteiger partial charge is 0.254 e. The van der Waals surface area contributed by atoms with Gasteiger partial charge in [-0.3, -0.25) is 14.9 Å². The molecule has 2 aromatic heterocycles. The van der Waals surface area contributed by atoms with Gasteiger partial charge in [0, 0.05) is 53.2 Å². The third-order valence-corrected chi connectivity index (χ3v) is 6.29. The van der Waals surface area contributed by atoms with Crippen LogP contribution in [0.25, 0.3) is 11.7 Å². The molecule has 180 valence electrons. The normalized spacial score (nSPS) is 16.4. The van der Waals surface area contributed by atoms with Crippen molar-refractivity contribution in [2.45, 2.75) is 25.3 Å². The number of nitrogens with one attached hydrogen (secondary N) is 3. The van der Waals surface area contributed by atoms with E-state index in [1.807, 2.05) is 30.5 Å². The molecule has 4 aromatic rings. The van der Waals surface area contributed by atoms with Crippen molar-refractivity contribution in [3.05, 3.63) is 78.1 Å². The number of aromatic nitrogens is 3. The van der Waals surface area contributed by atoms with Gasteiger partial charge in [0.2, 0.25) is 5.91 Å².